The Labute approximate surface area is 125 Å². The molecule has 5 nitrogen and oxygen atoms in total. The molecule has 1 rings (SSSR count). The van der Waals surface area contributed by atoms with Crippen LogP contribution in [0.4, 0.5) is 0 Å². The summed E-state index contributed by atoms with van der Waals surface area (Å²) in [4.78, 5) is -0.709. The molecular formula is C12H18ClNO4S2. The first-order valence-electron chi connectivity index (χ1n) is 5.97. The van der Waals surface area contributed by atoms with Crippen LogP contribution in [0.25, 0.3) is 0 Å². The molecule has 0 radical (unpaired) electrons. The van der Waals surface area contributed by atoms with E-state index in [1.165, 1.54) is 35.6 Å². The van der Waals surface area contributed by atoms with E-state index in [9.17, 15) is 16.8 Å². The van der Waals surface area contributed by atoms with Gasteiger partial charge in [0.25, 0.3) is 9.05 Å². The maximum atomic E-state index is 12.6. The van der Waals surface area contributed by atoms with Crippen molar-refractivity contribution < 1.29 is 16.8 Å². The second-order valence-electron chi connectivity index (χ2n) is 5.02. The summed E-state index contributed by atoms with van der Waals surface area (Å²) in [6.07, 6.45) is 0.582. The molecule has 0 unspecified atom stereocenters. The molecular weight excluding hydrogens is 322 g/mol. The first-order valence-corrected chi connectivity index (χ1v) is 9.72. The maximum absolute atomic E-state index is 12.6. The largest absolute Gasteiger partial charge is 0.262 e. The van der Waals surface area contributed by atoms with Gasteiger partial charge in [0.15, 0.2) is 0 Å². The highest BCUT2D eigenvalue weighted by Gasteiger charge is 2.35. The minimum absolute atomic E-state index is 0.306. The second kappa shape index (κ2) is 5.63. The molecule has 8 heteroatoms. The molecule has 0 bridgehead atoms. The Hall–Kier alpha value is -0.630. The molecule has 0 fully saturated rings. The molecule has 1 aromatic carbocycles. The van der Waals surface area contributed by atoms with Crippen molar-refractivity contribution in [3.05, 3.63) is 24.3 Å². The minimum atomic E-state index is -4.14. The van der Waals surface area contributed by atoms with Gasteiger partial charge < -0.3 is 0 Å². The summed E-state index contributed by atoms with van der Waals surface area (Å²) in [5.74, 6) is 0. The van der Waals surface area contributed by atoms with Gasteiger partial charge in [-0.25, -0.2) is 16.8 Å². The van der Waals surface area contributed by atoms with E-state index in [0.717, 1.165) is 0 Å². The Kier molecular flexibility index (Phi) is 4.91. The van der Waals surface area contributed by atoms with Crippen molar-refractivity contribution in [1.82, 2.24) is 4.31 Å². The normalized spacial score (nSPS) is 13.7. The van der Waals surface area contributed by atoms with E-state index in [1.54, 1.807) is 13.8 Å². The maximum Gasteiger partial charge on any atom is 0.262 e. The highest BCUT2D eigenvalue weighted by Crippen LogP contribution is 2.30. The van der Waals surface area contributed by atoms with Gasteiger partial charge in [0.2, 0.25) is 10.0 Å². The first-order chi connectivity index (χ1) is 8.94. The number of hydrogen-bond acceptors (Lipinski definition) is 4. The van der Waals surface area contributed by atoms with Crippen LogP contribution < -0.4 is 0 Å². The molecule has 0 atom stereocenters. The molecule has 0 heterocycles. The quantitative estimate of drug-likeness (QED) is 0.772. The lowest BCUT2D eigenvalue weighted by Crippen LogP contribution is -2.44. The lowest BCUT2D eigenvalue weighted by molar-refractivity contribution is 0.256. The molecule has 0 saturated heterocycles. The Morgan fingerprint density at radius 1 is 1.10 bits per heavy atom. The third kappa shape index (κ3) is 3.33. The predicted octanol–water partition coefficient (Wildman–Crippen LogP) is 2.42. The fourth-order valence-corrected chi connectivity index (χ4v) is 4.94. The fourth-order valence-electron chi connectivity index (χ4n) is 1.56. The van der Waals surface area contributed by atoms with E-state index in [-0.39, 0.29) is 4.90 Å². The van der Waals surface area contributed by atoms with Crippen LogP contribution in [0, 0.1) is 0 Å². The molecule has 20 heavy (non-hydrogen) atoms. The van der Waals surface area contributed by atoms with Crippen molar-refractivity contribution >= 4 is 29.8 Å². The summed E-state index contributed by atoms with van der Waals surface area (Å²) >= 11 is 0. The Balaban J connectivity index is 3.54. The van der Waals surface area contributed by atoms with Gasteiger partial charge in [-0.2, -0.15) is 4.31 Å². The molecule has 0 spiro atoms. The van der Waals surface area contributed by atoms with Crippen molar-refractivity contribution in [3.8, 4) is 0 Å². The predicted molar refractivity (Wildman–Crippen MR) is 78.8 cm³/mol. The van der Waals surface area contributed by atoms with E-state index in [2.05, 4.69) is 0 Å². The zero-order chi connectivity index (χ0) is 15.8. The molecule has 1 aromatic rings. The Bertz CT molecular complexity index is 696. The summed E-state index contributed by atoms with van der Waals surface area (Å²) in [6, 6.07) is 5.32. The minimum Gasteiger partial charge on any atom is -0.207 e. The summed E-state index contributed by atoms with van der Waals surface area (Å²) in [7, 11) is -1.35. The van der Waals surface area contributed by atoms with Crippen LogP contribution in [0.15, 0.2) is 34.1 Å². The van der Waals surface area contributed by atoms with Crippen molar-refractivity contribution in [2.24, 2.45) is 0 Å². The topological polar surface area (TPSA) is 71.5 Å². The van der Waals surface area contributed by atoms with Gasteiger partial charge in [0, 0.05) is 23.3 Å². The Morgan fingerprint density at radius 3 is 1.95 bits per heavy atom. The molecule has 0 amide bonds. The zero-order valence-electron chi connectivity index (χ0n) is 11.8. The van der Waals surface area contributed by atoms with Crippen molar-refractivity contribution in [3.63, 3.8) is 0 Å². The fraction of sp³-hybridized carbons (Fsp3) is 0.500. The van der Waals surface area contributed by atoms with E-state index in [0.29, 0.717) is 6.42 Å². The summed E-state index contributed by atoms with van der Waals surface area (Å²) < 4.78 is 49.4. The van der Waals surface area contributed by atoms with E-state index >= 15 is 0 Å². The lowest BCUT2D eigenvalue weighted by Gasteiger charge is -2.34. The zero-order valence-corrected chi connectivity index (χ0v) is 14.2. The molecule has 0 aliphatic rings. The summed E-state index contributed by atoms with van der Waals surface area (Å²) in [5.41, 5.74) is -0.637. The average molecular weight is 340 g/mol. The smallest absolute Gasteiger partial charge is 0.207 e. The third-order valence-corrected chi connectivity index (χ3v) is 7.10. The van der Waals surface area contributed by atoms with Crippen LogP contribution in [-0.4, -0.2) is 33.7 Å². The van der Waals surface area contributed by atoms with Gasteiger partial charge in [-0.1, -0.05) is 19.1 Å². The van der Waals surface area contributed by atoms with Crippen molar-refractivity contribution in [1.29, 1.82) is 0 Å². The van der Waals surface area contributed by atoms with Gasteiger partial charge in [-0.15, -0.1) is 0 Å². The van der Waals surface area contributed by atoms with E-state index in [4.69, 9.17) is 10.7 Å². The number of rotatable bonds is 5. The molecule has 0 aliphatic carbocycles. The van der Waals surface area contributed by atoms with E-state index < -0.39 is 29.5 Å². The molecule has 0 aliphatic heterocycles. The first kappa shape index (κ1) is 17.4. The average Bonchev–Trinajstić information content (AvgIpc) is 2.36. The van der Waals surface area contributed by atoms with Crippen LogP contribution in [-0.2, 0) is 19.1 Å². The molecule has 0 N–H and O–H groups in total. The third-order valence-electron chi connectivity index (χ3n) is 3.47. The number of benzene rings is 1. The van der Waals surface area contributed by atoms with Gasteiger partial charge in [-0.05, 0) is 32.4 Å². The number of sulfonamides is 1. The van der Waals surface area contributed by atoms with Gasteiger partial charge in [-0.3, -0.25) is 0 Å². The van der Waals surface area contributed by atoms with Crippen LogP contribution in [0.3, 0.4) is 0 Å². The van der Waals surface area contributed by atoms with Crippen molar-refractivity contribution in [2.75, 3.05) is 7.05 Å². The monoisotopic (exact) mass is 339 g/mol. The molecule has 0 aromatic heterocycles. The highest BCUT2D eigenvalue weighted by molar-refractivity contribution is 8.14. The van der Waals surface area contributed by atoms with Crippen LogP contribution >= 0.6 is 10.7 Å². The van der Waals surface area contributed by atoms with E-state index in [1.807, 2.05) is 6.92 Å². The van der Waals surface area contributed by atoms with Gasteiger partial charge in [0.05, 0.1) is 0 Å². The SMILES string of the molecule is CCC(C)(C)N(C)S(=O)(=O)c1ccccc1S(=O)(=O)Cl. The van der Waals surface area contributed by atoms with Crippen LogP contribution in [0.1, 0.15) is 27.2 Å². The number of halogens is 1. The van der Waals surface area contributed by atoms with Crippen LogP contribution in [0.2, 0.25) is 0 Å². The van der Waals surface area contributed by atoms with Gasteiger partial charge in [0.1, 0.15) is 9.79 Å². The highest BCUT2D eigenvalue weighted by atomic mass is 35.7. The number of hydrogen-bond donors (Lipinski definition) is 0. The second-order valence-corrected chi connectivity index (χ2v) is 9.50. The summed E-state index contributed by atoms with van der Waals surface area (Å²) in [6.45, 7) is 5.39. The van der Waals surface area contributed by atoms with Crippen LogP contribution in [0.5, 0.6) is 0 Å². The van der Waals surface area contributed by atoms with Crippen molar-refractivity contribution in [2.45, 2.75) is 42.5 Å². The number of nitrogens with zero attached hydrogens (tertiary/aromatic N) is 1. The molecule has 0 saturated carbocycles. The summed E-state index contributed by atoms with van der Waals surface area (Å²) in [5, 5.41) is 0. The Morgan fingerprint density at radius 2 is 1.55 bits per heavy atom. The standard InChI is InChI=1S/C12H18ClNO4S2/c1-5-12(2,3)14(4)20(17,18)11-9-7-6-8-10(11)19(13,15)16/h6-9H,5H2,1-4H3. The van der Waals surface area contributed by atoms with Gasteiger partial charge >= 0.3 is 0 Å². The molecule has 114 valence electrons. The lowest BCUT2D eigenvalue weighted by atomic mass is 10.0.